The lowest BCUT2D eigenvalue weighted by Gasteiger charge is -2.10. The average Bonchev–Trinajstić information content (AvgIpc) is 3.08. The van der Waals surface area contributed by atoms with Crippen LogP contribution in [0.5, 0.6) is 0 Å². The summed E-state index contributed by atoms with van der Waals surface area (Å²) in [6.45, 7) is 0. The van der Waals surface area contributed by atoms with Gasteiger partial charge in [0.05, 0.1) is 5.56 Å². The Morgan fingerprint density at radius 2 is 1.64 bits per heavy atom. The van der Waals surface area contributed by atoms with Crippen LogP contribution >= 0.6 is 0 Å². The number of aliphatic hydroxyl groups is 1. The standard InChI is InChI=1S/C18H16F3N3O/c19-18(20,21)14-9-7-13(8-10-14)16(25)17-22-15(23-24-17)11-6-12-4-2-1-3-5-12/h1-5,7-10,16,25H,6,11H2,(H,22,23,24)/t16-/m1/s1. The molecule has 130 valence electrons. The third-order valence-corrected chi connectivity index (χ3v) is 3.84. The first-order valence-corrected chi connectivity index (χ1v) is 7.74. The van der Waals surface area contributed by atoms with E-state index in [9.17, 15) is 18.3 Å². The third-order valence-electron chi connectivity index (χ3n) is 3.84. The maximum Gasteiger partial charge on any atom is 0.416 e. The molecule has 0 fully saturated rings. The number of hydrogen-bond acceptors (Lipinski definition) is 3. The van der Waals surface area contributed by atoms with Crippen LogP contribution in [-0.2, 0) is 19.0 Å². The van der Waals surface area contributed by atoms with E-state index in [1.165, 1.54) is 12.1 Å². The number of rotatable bonds is 5. The quantitative estimate of drug-likeness (QED) is 0.740. The monoisotopic (exact) mass is 347 g/mol. The first kappa shape index (κ1) is 17.2. The summed E-state index contributed by atoms with van der Waals surface area (Å²) < 4.78 is 37.7. The van der Waals surface area contributed by atoms with Gasteiger partial charge in [0.15, 0.2) is 5.82 Å². The minimum absolute atomic E-state index is 0.142. The second-order valence-electron chi connectivity index (χ2n) is 5.65. The molecule has 0 spiro atoms. The van der Waals surface area contributed by atoms with Crippen LogP contribution < -0.4 is 0 Å². The molecule has 0 aliphatic carbocycles. The van der Waals surface area contributed by atoms with Gasteiger partial charge in [0.1, 0.15) is 11.9 Å². The highest BCUT2D eigenvalue weighted by Crippen LogP contribution is 2.30. The number of hydrogen-bond donors (Lipinski definition) is 2. The number of benzene rings is 2. The molecule has 4 nitrogen and oxygen atoms in total. The van der Waals surface area contributed by atoms with Crippen molar-refractivity contribution in [2.45, 2.75) is 25.1 Å². The Balaban J connectivity index is 1.67. The predicted molar refractivity (Wildman–Crippen MR) is 85.7 cm³/mol. The molecular formula is C18H16F3N3O. The number of H-pyrrole nitrogens is 1. The number of nitrogens with one attached hydrogen (secondary N) is 1. The van der Waals surface area contributed by atoms with Crippen molar-refractivity contribution in [2.75, 3.05) is 0 Å². The first-order valence-electron chi connectivity index (χ1n) is 7.74. The molecule has 0 amide bonds. The van der Waals surface area contributed by atoms with E-state index in [1.807, 2.05) is 30.3 Å². The lowest BCUT2D eigenvalue weighted by molar-refractivity contribution is -0.137. The van der Waals surface area contributed by atoms with Gasteiger partial charge in [-0.05, 0) is 29.7 Å². The number of halogens is 3. The van der Waals surface area contributed by atoms with Crippen molar-refractivity contribution in [3.05, 3.63) is 82.9 Å². The summed E-state index contributed by atoms with van der Waals surface area (Å²) in [5.41, 5.74) is 0.701. The molecule has 0 bridgehead atoms. The number of aliphatic hydroxyl groups excluding tert-OH is 1. The van der Waals surface area contributed by atoms with Crippen molar-refractivity contribution < 1.29 is 18.3 Å². The predicted octanol–water partition coefficient (Wildman–Crippen LogP) is 3.69. The molecule has 25 heavy (non-hydrogen) atoms. The van der Waals surface area contributed by atoms with E-state index >= 15 is 0 Å². The van der Waals surface area contributed by atoms with Crippen LogP contribution in [0.2, 0.25) is 0 Å². The van der Waals surface area contributed by atoms with Crippen molar-refractivity contribution in [3.8, 4) is 0 Å². The molecule has 0 unspecified atom stereocenters. The van der Waals surface area contributed by atoms with Crippen molar-refractivity contribution in [1.82, 2.24) is 15.2 Å². The number of aromatic amines is 1. The number of alkyl halides is 3. The fraction of sp³-hybridized carbons (Fsp3) is 0.222. The zero-order valence-corrected chi connectivity index (χ0v) is 13.2. The molecule has 0 saturated carbocycles. The summed E-state index contributed by atoms with van der Waals surface area (Å²) >= 11 is 0. The Morgan fingerprint density at radius 3 is 2.28 bits per heavy atom. The van der Waals surface area contributed by atoms with Crippen LogP contribution in [0.15, 0.2) is 54.6 Å². The lowest BCUT2D eigenvalue weighted by atomic mass is 10.1. The van der Waals surface area contributed by atoms with Gasteiger partial charge in [-0.25, -0.2) is 4.98 Å². The molecule has 2 aromatic carbocycles. The Kier molecular flexibility index (Phi) is 4.85. The first-order chi connectivity index (χ1) is 11.9. The molecule has 3 rings (SSSR count). The highest BCUT2D eigenvalue weighted by atomic mass is 19.4. The molecule has 0 aliphatic heterocycles. The number of aryl methyl sites for hydroxylation is 2. The minimum Gasteiger partial charge on any atom is -0.380 e. The highest BCUT2D eigenvalue weighted by Gasteiger charge is 2.30. The molecule has 0 radical (unpaired) electrons. The van der Waals surface area contributed by atoms with Crippen molar-refractivity contribution in [3.63, 3.8) is 0 Å². The van der Waals surface area contributed by atoms with E-state index < -0.39 is 17.8 Å². The van der Waals surface area contributed by atoms with E-state index in [1.54, 1.807) is 0 Å². The molecule has 1 heterocycles. The van der Waals surface area contributed by atoms with Gasteiger partial charge in [-0.15, -0.1) is 0 Å². The van der Waals surface area contributed by atoms with Gasteiger partial charge in [0.2, 0.25) is 0 Å². The van der Waals surface area contributed by atoms with Gasteiger partial charge in [-0.3, -0.25) is 5.10 Å². The summed E-state index contributed by atoms with van der Waals surface area (Å²) in [5, 5.41) is 17.0. The molecule has 2 N–H and O–H groups in total. The van der Waals surface area contributed by atoms with Gasteiger partial charge in [0.25, 0.3) is 0 Å². The van der Waals surface area contributed by atoms with Crippen LogP contribution in [0.3, 0.4) is 0 Å². The van der Waals surface area contributed by atoms with E-state index in [2.05, 4.69) is 15.2 Å². The van der Waals surface area contributed by atoms with Gasteiger partial charge in [-0.2, -0.15) is 18.3 Å². The van der Waals surface area contributed by atoms with Gasteiger partial charge in [0, 0.05) is 6.42 Å². The highest BCUT2D eigenvalue weighted by molar-refractivity contribution is 5.28. The minimum atomic E-state index is -4.40. The van der Waals surface area contributed by atoms with Crippen molar-refractivity contribution in [2.24, 2.45) is 0 Å². The maximum atomic E-state index is 12.6. The molecule has 7 heteroatoms. The average molecular weight is 347 g/mol. The third kappa shape index (κ3) is 4.24. The van der Waals surface area contributed by atoms with Crippen molar-refractivity contribution in [1.29, 1.82) is 0 Å². The van der Waals surface area contributed by atoms with Crippen molar-refractivity contribution >= 4 is 0 Å². The van der Waals surface area contributed by atoms with Gasteiger partial charge < -0.3 is 5.11 Å². The SMILES string of the molecule is O[C@H](c1ccc(C(F)(F)F)cc1)c1n[nH]c(CCc2ccccc2)n1. The summed E-state index contributed by atoms with van der Waals surface area (Å²) in [7, 11) is 0. The summed E-state index contributed by atoms with van der Waals surface area (Å²) in [4.78, 5) is 4.23. The fourth-order valence-corrected chi connectivity index (χ4v) is 2.46. The fourth-order valence-electron chi connectivity index (χ4n) is 2.46. The topological polar surface area (TPSA) is 61.8 Å². The Hall–Kier alpha value is -2.67. The van der Waals surface area contributed by atoms with E-state index in [0.29, 0.717) is 17.8 Å². The Morgan fingerprint density at radius 1 is 0.960 bits per heavy atom. The Bertz CT molecular complexity index is 814. The van der Waals surface area contributed by atoms with Crippen LogP contribution in [0.25, 0.3) is 0 Å². The molecule has 3 aromatic rings. The van der Waals surface area contributed by atoms with Gasteiger partial charge >= 0.3 is 6.18 Å². The van der Waals surface area contributed by atoms with Crippen LogP contribution in [-0.4, -0.2) is 20.3 Å². The second-order valence-corrected chi connectivity index (χ2v) is 5.65. The van der Waals surface area contributed by atoms with Crippen LogP contribution in [0.4, 0.5) is 13.2 Å². The number of nitrogens with zero attached hydrogens (tertiary/aromatic N) is 2. The zero-order chi connectivity index (χ0) is 17.9. The smallest absolute Gasteiger partial charge is 0.380 e. The normalized spacial score (nSPS) is 13.0. The zero-order valence-electron chi connectivity index (χ0n) is 13.2. The molecule has 1 aromatic heterocycles. The van der Waals surface area contributed by atoms with Crippen LogP contribution in [0, 0.1) is 0 Å². The van der Waals surface area contributed by atoms with E-state index in [0.717, 1.165) is 24.1 Å². The van der Waals surface area contributed by atoms with Crippen LogP contribution in [0.1, 0.15) is 34.4 Å². The largest absolute Gasteiger partial charge is 0.416 e. The Labute approximate surface area is 142 Å². The maximum absolute atomic E-state index is 12.6. The van der Waals surface area contributed by atoms with E-state index in [4.69, 9.17) is 0 Å². The molecular weight excluding hydrogens is 331 g/mol. The number of aromatic nitrogens is 3. The van der Waals surface area contributed by atoms with E-state index in [-0.39, 0.29) is 5.82 Å². The molecule has 1 atom stereocenters. The summed E-state index contributed by atoms with van der Waals surface area (Å²) in [6.07, 6.45) is -4.19. The van der Waals surface area contributed by atoms with Gasteiger partial charge in [-0.1, -0.05) is 42.5 Å². The summed E-state index contributed by atoms with van der Waals surface area (Å²) in [6, 6.07) is 14.2. The molecule has 0 saturated heterocycles. The second kappa shape index (κ2) is 7.06. The lowest BCUT2D eigenvalue weighted by Crippen LogP contribution is -2.06. The summed E-state index contributed by atoms with van der Waals surface area (Å²) in [5.74, 6) is 0.757. The molecule has 0 aliphatic rings.